The molecule has 0 aromatic heterocycles. The Morgan fingerprint density at radius 1 is 1.31 bits per heavy atom. The third-order valence-electron chi connectivity index (χ3n) is 4.92. The molecule has 4 nitrogen and oxygen atoms in total. The fraction of sp³-hybridized carbons (Fsp3) is 0.632. The lowest BCUT2D eigenvalue weighted by molar-refractivity contribution is -0.214. The Morgan fingerprint density at radius 2 is 1.96 bits per heavy atom. The van der Waals surface area contributed by atoms with Gasteiger partial charge in [0.2, 0.25) is 0 Å². The van der Waals surface area contributed by atoms with Crippen molar-refractivity contribution in [1.82, 2.24) is 10.2 Å². The quantitative estimate of drug-likeness (QED) is 0.835. The summed E-state index contributed by atoms with van der Waals surface area (Å²) < 4.78 is 44.9. The second-order valence-electron chi connectivity index (χ2n) is 7.36. The molecule has 26 heavy (non-hydrogen) atoms. The molecule has 0 saturated carbocycles. The standard InChI is InChI=1S/C19H27F3N2O2/c1-4-26-12-15-8-6-5-7-14(15)11-23-17(25)24-10-9-16(19(20,21)22)18(2,3)13-24/h5-8,16H,4,9-13H2,1-3H3,(H,23,25). The summed E-state index contributed by atoms with van der Waals surface area (Å²) in [5.41, 5.74) is 0.935. The molecule has 1 saturated heterocycles. The largest absolute Gasteiger partial charge is 0.392 e. The van der Waals surface area contributed by atoms with Gasteiger partial charge in [-0.15, -0.1) is 0 Å². The molecule has 1 aliphatic heterocycles. The lowest BCUT2D eigenvalue weighted by Gasteiger charge is -2.44. The number of rotatable bonds is 5. The zero-order valence-electron chi connectivity index (χ0n) is 15.5. The smallest absolute Gasteiger partial charge is 0.377 e. The fourth-order valence-electron chi connectivity index (χ4n) is 3.50. The molecule has 7 heteroatoms. The maximum absolute atomic E-state index is 13.1. The highest BCUT2D eigenvalue weighted by Gasteiger charge is 2.51. The van der Waals surface area contributed by atoms with Crippen LogP contribution in [0.3, 0.4) is 0 Å². The topological polar surface area (TPSA) is 41.6 Å². The molecule has 1 aliphatic rings. The van der Waals surface area contributed by atoms with Crippen LogP contribution in [0.25, 0.3) is 0 Å². The second kappa shape index (κ2) is 8.29. The molecule has 1 atom stereocenters. The Hall–Kier alpha value is -1.76. The summed E-state index contributed by atoms with van der Waals surface area (Å²) in [6, 6.07) is 7.31. The summed E-state index contributed by atoms with van der Waals surface area (Å²) in [4.78, 5) is 13.9. The number of hydrogen-bond acceptors (Lipinski definition) is 2. The van der Waals surface area contributed by atoms with Crippen LogP contribution in [0.4, 0.5) is 18.0 Å². The van der Waals surface area contributed by atoms with E-state index in [-0.39, 0.29) is 25.5 Å². The molecule has 1 aromatic rings. The van der Waals surface area contributed by atoms with Crippen LogP contribution in [-0.4, -0.2) is 36.8 Å². The molecule has 1 aromatic carbocycles. The van der Waals surface area contributed by atoms with Crippen LogP contribution in [0.15, 0.2) is 24.3 Å². The zero-order chi connectivity index (χ0) is 19.4. The van der Waals surface area contributed by atoms with E-state index >= 15 is 0 Å². The first-order valence-corrected chi connectivity index (χ1v) is 8.89. The van der Waals surface area contributed by atoms with Gasteiger partial charge in [0.1, 0.15) is 0 Å². The fourth-order valence-corrected chi connectivity index (χ4v) is 3.50. The SMILES string of the molecule is CCOCc1ccccc1CNC(=O)N1CCC(C(F)(F)F)C(C)(C)C1. The van der Waals surface area contributed by atoms with Gasteiger partial charge in [-0.3, -0.25) is 0 Å². The van der Waals surface area contributed by atoms with E-state index in [1.807, 2.05) is 31.2 Å². The molecule has 146 valence electrons. The minimum Gasteiger partial charge on any atom is -0.377 e. The van der Waals surface area contributed by atoms with E-state index in [1.165, 1.54) is 4.90 Å². The van der Waals surface area contributed by atoms with Crippen molar-refractivity contribution < 1.29 is 22.7 Å². The van der Waals surface area contributed by atoms with E-state index < -0.39 is 17.5 Å². The van der Waals surface area contributed by atoms with Gasteiger partial charge in [-0.1, -0.05) is 38.1 Å². The van der Waals surface area contributed by atoms with Crippen molar-refractivity contribution in [3.63, 3.8) is 0 Å². The number of hydrogen-bond donors (Lipinski definition) is 1. The lowest BCUT2D eigenvalue weighted by Crippen LogP contribution is -2.54. The summed E-state index contributed by atoms with van der Waals surface area (Å²) in [5, 5.41) is 2.83. The maximum atomic E-state index is 13.1. The molecule has 1 fully saturated rings. The number of piperidine rings is 1. The molecule has 1 unspecified atom stereocenters. The Bertz CT molecular complexity index is 617. The Morgan fingerprint density at radius 3 is 2.54 bits per heavy atom. The number of benzene rings is 1. The van der Waals surface area contributed by atoms with Gasteiger partial charge in [-0.05, 0) is 29.9 Å². The van der Waals surface area contributed by atoms with Crippen LogP contribution < -0.4 is 5.32 Å². The summed E-state index contributed by atoms with van der Waals surface area (Å²) in [7, 11) is 0. The van der Waals surface area contributed by atoms with Gasteiger partial charge in [0, 0.05) is 26.2 Å². The predicted octanol–water partition coefficient (Wildman–Crippen LogP) is 4.34. The van der Waals surface area contributed by atoms with Crippen molar-refractivity contribution in [2.45, 2.75) is 46.5 Å². The van der Waals surface area contributed by atoms with E-state index in [4.69, 9.17) is 4.74 Å². The van der Waals surface area contributed by atoms with Crippen LogP contribution in [0.1, 0.15) is 38.3 Å². The third kappa shape index (κ3) is 5.13. The number of amides is 2. The average molecular weight is 372 g/mol. The van der Waals surface area contributed by atoms with Crippen molar-refractivity contribution in [3.8, 4) is 0 Å². The number of alkyl halides is 3. The highest BCUT2D eigenvalue weighted by Crippen LogP contribution is 2.45. The zero-order valence-corrected chi connectivity index (χ0v) is 15.5. The van der Waals surface area contributed by atoms with Gasteiger partial charge >= 0.3 is 12.2 Å². The highest BCUT2D eigenvalue weighted by atomic mass is 19.4. The molecule has 2 rings (SSSR count). The van der Waals surface area contributed by atoms with Crippen LogP contribution in [0.5, 0.6) is 0 Å². The maximum Gasteiger partial charge on any atom is 0.392 e. The van der Waals surface area contributed by atoms with Crippen LogP contribution in [0.2, 0.25) is 0 Å². The summed E-state index contributed by atoms with van der Waals surface area (Å²) in [6.07, 6.45) is -4.30. The first-order valence-electron chi connectivity index (χ1n) is 8.89. The van der Waals surface area contributed by atoms with Gasteiger partial charge < -0.3 is 15.0 Å². The van der Waals surface area contributed by atoms with E-state index in [0.29, 0.717) is 19.8 Å². The number of carbonyl (C=O) groups excluding carboxylic acids is 1. The summed E-state index contributed by atoms with van der Waals surface area (Å²) in [5.74, 6) is -1.38. The summed E-state index contributed by atoms with van der Waals surface area (Å²) >= 11 is 0. The minimum absolute atomic E-state index is 0.0646. The first-order chi connectivity index (χ1) is 12.1. The van der Waals surface area contributed by atoms with E-state index in [2.05, 4.69) is 5.32 Å². The average Bonchev–Trinajstić information content (AvgIpc) is 2.56. The molecule has 0 bridgehead atoms. The van der Waals surface area contributed by atoms with Gasteiger partial charge in [-0.25, -0.2) is 4.79 Å². The predicted molar refractivity (Wildman–Crippen MR) is 93.5 cm³/mol. The van der Waals surface area contributed by atoms with Crippen molar-refractivity contribution in [2.24, 2.45) is 11.3 Å². The van der Waals surface area contributed by atoms with Crippen LogP contribution in [-0.2, 0) is 17.9 Å². The number of nitrogens with one attached hydrogen (secondary N) is 1. The lowest BCUT2D eigenvalue weighted by atomic mass is 9.73. The van der Waals surface area contributed by atoms with E-state index in [0.717, 1.165) is 11.1 Å². The normalized spacial score (nSPS) is 20.1. The molecule has 0 radical (unpaired) electrons. The van der Waals surface area contributed by atoms with Crippen molar-refractivity contribution >= 4 is 6.03 Å². The molecule has 0 spiro atoms. The Labute approximate surface area is 152 Å². The first kappa shape index (κ1) is 20.6. The van der Waals surface area contributed by atoms with Gasteiger partial charge in [0.25, 0.3) is 0 Å². The van der Waals surface area contributed by atoms with E-state index in [9.17, 15) is 18.0 Å². The number of carbonyl (C=O) groups is 1. The van der Waals surface area contributed by atoms with Gasteiger partial charge in [0.15, 0.2) is 0 Å². The number of nitrogens with zero attached hydrogens (tertiary/aromatic N) is 1. The minimum atomic E-state index is -4.23. The highest BCUT2D eigenvalue weighted by molar-refractivity contribution is 5.74. The Kier molecular flexibility index (Phi) is 6.55. The van der Waals surface area contributed by atoms with Crippen molar-refractivity contribution in [2.75, 3.05) is 19.7 Å². The number of likely N-dealkylation sites (tertiary alicyclic amines) is 1. The second-order valence-corrected chi connectivity index (χ2v) is 7.36. The Balaban J connectivity index is 1.95. The van der Waals surface area contributed by atoms with Gasteiger partial charge in [-0.2, -0.15) is 13.2 Å². The monoisotopic (exact) mass is 372 g/mol. The van der Waals surface area contributed by atoms with Crippen molar-refractivity contribution in [1.29, 1.82) is 0 Å². The number of ether oxygens (including phenoxy) is 1. The van der Waals surface area contributed by atoms with Gasteiger partial charge in [0.05, 0.1) is 12.5 Å². The summed E-state index contributed by atoms with van der Waals surface area (Å²) in [6.45, 7) is 6.64. The molecule has 0 aliphatic carbocycles. The molecular weight excluding hydrogens is 345 g/mol. The number of urea groups is 1. The third-order valence-corrected chi connectivity index (χ3v) is 4.92. The van der Waals surface area contributed by atoms with E-state index in [1.54, 1.807) is 13.8 Å². The molecular formula is C19H27F3N2O2. The molecule has 1 N–H and O–H groups in total. The van der Waals surface area contributed by atoms with Crippen molar-refractivity contribution in [3.05, 3.63) is 35.4 Å². The molecule has 2 amide bonds. The van der Waals surface area contributed by atoms with Crippen LogP contribution >= 0.6 is 0 Å². The van der Waals surface area contributed by atoms with Crippen LogP contribution in [0, 0.1) is 11.3 Å². The molecule has 1 heterocycles. The number of halogens is 3.